The third-order valence-electron chi connectivity index (χ3n) is 5.12. The lowest BCUT2D eigenvalue weighted by molar-refractivity contribution is -0.129. The molecule has 2 heterocycles. The highest BCUT2D eigenvalue weighted by Gasteiger charge is 2.26. The Morgan fingerprint density at radius 1 is 1.20 bits per heavy atom. The predicted molar refractivity (Wildman–Crippen MR) is 115 cm³/mol. The summed E-state index contributed by atoms with van der Waals surface area (Å²) in [5, 5.41) is 6.88. The van der Waals surface area contributed by atoms with E-state index < -0.39 is 0 Å². The molecule has 0 aromatic heterocycles. The van der Waals surface area contributed by atoms with Crippen LogP contribution in [-0.4, -0.2) is 73.0 Å². The lowest BCUT2D eigenvalue weighted by Crippen LogP contribution is -2.46. The third kappa shape index (κ3) is 6.92. The van der Waals surface area contributed by atoms with Crippen LogP contribution in [0, 0.1) is 0 Å². The second-order valence-corrected chi connectivity index (χ2v) is 6.85. The van der Waals surface area contributed by atoms with E-state index in [9.17, 15) is 4.79 Å². The molecule has 0 bridgehead atoms. The molecular formula is C18H36IN5O. The summed E-state index contributed by atoms with van der Waals surface area (Å²) in [6, 6.07) is 0.856. The number of halogens is 1. The van der Waals surface area contributed by atoms with Crippen molar-refractivity contribution >= 4 is 35.8 Å². The Balaban J connectivity index is 0.00000312. The van der Waals surface area contributed by atoms with Gasteiger partial charge in [-0.2, -0.15) is 0 Å². The Morgan fingerprint density at radius 2 is 1.92 bits per heavy atom. The summed E-state index contributed by atoms with van der Waals surface area (Å²) in [6.07, 6.45) is 5.38. The van der Waals surface area contributed by atoms with Gasteiger partial charge >= 0.3 is 0 Å². The van der Waals surface area contributed by atoms with Gasteiger partial charge in [-0.05, 0) is 45.7 Å². The predicted octanol–water partition coefficient (Wildman–Crippen LogP) is 2.04. The molecule has 146 valence electrons. The second kappa shape index (κ2) is 11.9. The van der Waals surface area contributed by atoms with Gasteiger partial charge in [0.05, 0.1) is 6.54 Å². The van der Waals surface area contributed by atoms with Crippen molar-refractivity contribution in [1.29, 1.82) is 0 Å². The Hall–Kier alpha value is -0.570. The van der Waals surface area contributed by atoms with Crippen molar-refractivity contribution in [2.24, 2.45) is 4.99 Å². The van der Waals surface area contributed by atoms with Crippen molar-refractivity contribution < 1.29 is 4.79 Å². The van der Waals surface area contributed by atoms with E-state index in [4.69, 9.17) is 4.99 Å². The van der Waals surface area contributed by atoms with Gasteiger partial charge in [0.15, 0.2) is 5.96 Å². The number of nitrogens with one attached hydrogen (secondary N) is 2. The van der Waals surface area contributed by atoms with Gasteiger partial charge in [-0.3, -0.25) is 14.7 Å². The van der Waals surface area contributed by atoms with E-state index in [1.54, 1.807) is 0 Å². The summed E-state index contributed by atoms with van der Waals surface area (Å²) in [7, 11) is 0. The summed E-state index contributed by atoms with van der Waals surface area (Å²) in [6.45, 7) is 12.1. The first-order valence-corrected chi connectivity index (χ1v) is 9.74. The van der Waals surface area contributed by atoms with Crippen LogP contribution in [0.25, 0.3) is 0 Å². The summed E-state index contributed by atoms with van der Waals surface area (Å²) < 4.78 is 0. The summed E-state index contributed by atoms with van der Waals surface area (Å²) in [4.78, 5) is 21.2. The molecule has 0 radical (unpaired) electrons. The van der Waals surface area contributed by atoms with Crippen LogP contribution in [0.2, 0.25) is 0 Å². The Morgan fingerprint density at radius 3 is 2.52 bits per heavy atom. The smallest absolute Gasteiger partial charge is 0.222 e. The minimum absolute atomic E-state index is 0. The fraction of sp³-hybridized carbons (Fsp3) is 0.889. The highest BCUT2D eigenvalue weighted by atomic mass is 127. The molecule has 2 saturated heterocycles. The molecule has 25 heavy (non-hydrogen) atoms. The Labute approximate surface area is 170 Å². The molecular weight excluding hydrogens is 429 g/mol. The number of amides is 1. The zero-order valence-electron chi connectivity index (χ0n) is 16.1. The molecule has 0 aromatic carbocycles. The van der Waals surface area contributed by atoms with Gasteiger partial charge in [0.25, 0.3) is 0 Å². The van der Waals surface area contributed by atoms with E-state index in [0.29, 0.717) is 18.5 Å². The van der Waals surface area contributed by atoms with E-state index >= 15 is 0 Å². The molecule has 2 N–H and O–H groups in total. The van der Waals surface area contributed by atoms with Crippen LogP contribution in [0.3, 0.4) is 0 Å². The molecule has 0 aliphatic carbocycles. The minimum Gasteiger partial charge on any atom is -0.357 e. The van der Waals surface area contributed by atoms with E-state index in [-0.39, 0.29) is 29.9 Å². The van der Waals surface area contributed by atoms with Gasteiger partial charge in [-0.15, -0.1) is 24.0 Å². The molecule has 2 aliphatic rings. The molecule has 0 saturated carbocycles. The van der Waals surface area contributed by atoms with Crippen LogP contribution >= 0.6 is 24.0 Å². The number of guanidine groups is 1. The average molecular weight is 465 g/mol. The van der Waals surface area contributed by atoms with E-state index in [0.717, 1.165) is 45.0 Å². The molecule has 2 fully saturated rings. The van der Waals surface area contributed by atoms with Crippen LogP contribution in [0.4, 0.5) is 0 Å². The highest BCUT2D eigenvalue weighted by molar-refractivity contribution is 14.0. The number of hydrogen-bond donors (Lipinski definition) is 2. The molecule has 7 heteroatoms. The number of aliphatic imine (C=N–C) groups is 1. The van der Waals surface area contributed by atoms with Gasteiger partial charge in [-0.1, -0.05) is 13.8 Å². The van der Waals surface area contributed by atoms with Crippen LogP contribution in [-0.2, 0) is 4.79 Å². The van der Waals surface area contributed by atoms with Crippen LogP contribution in [0.15, 0.2) is 4.99 Å². The number of nitrogens with zero attached hydrogens (tertiary/aromatic N) is 3. The Kier molecular flexibility index (Phi) is 10.7. The Bertz CT molecular complexity index is 426. The molecule has 2 unspecified atom stereocenters. The standard InChI is InChI=1S/C18H35N5O.HI/c1-4-16(22-10-7-8-11-22)13-20-18(19-6-3)21-15-9-12-23(14-15)17(24)5-2;/h15-16H,4-14H2,1-3H3,(H2,19,20,21);1H. The summed E-state index contributed by atoms with van der Waals surface area (Å²) in [5.74, 6) is 1.15. The fourth-order valence-corrected chi connectivity index (χ4v) is 3.65. The van der Waals surface area contributed by atoms with Gasteiger partial charge < -0.3 is 15.5 Å². The first-order chi connectivity index (χ1) is 11.7. The van der Waals surface area contributed by atoms with E-state index in [1.165, 1.54) is 25.9 Å². The third-order valence-corrected chi connectivity index (χ3v) is 5.12. The van der Waals surface area contributed by atoms with Gasteiger partial charge in [0, 0.05) is 38.1 Å². The van der Waals surface area contributed by atoms with Crippen molar-refractivity contribution in [2.45, 2.75) is 65.0 Å². The van der Waals surface area contributed by atoms with Gasteiger partial charge in [0.2, 0.25) is 5.91 Å². The number of carbonyl (C=O) groups excluding carboxylic acids is 1. The van der Waals surface area contributed by atoms with E-state index in [2.05, 4.69) is 29.4 Å². The first-order valence-electron chi connectivity index (χ1n) is 9.74. The zero-order valence-corrected chi connectivity index (χ0v) is 18.4. The fourth-order valence-electron chi connectivity index (χ4n) is 3.65. The summed E-state index contributed by atoms with van der Waals surface area (Å²) in [5.41, 5.74) is 0. The molecule has 6 nitrogen and oxygen atoms in total. The molecule has 2 aliphatic heterocycles. The van der Waals surface area contributed by atoms with Crippen molar-refractivity contribution in [1.82, 2.24) is 20.4 Å². The van der Waals surface area contributed by atoms with Crippen molar-refractivity contribution in [2.75, 3.05) is 39.3 Å². The number of rotatable bonds is 7. The largest absolute Gasteiger partial charge is 0.357 e. The SMILES string of the molecule is CCNC(=NCC(CC)N1CCCC1)NC1CCN(C(=O)CC)C1.I. The van der Waals surface area contributed by atoms with E-state index in [1.807, 2.05) is 11.8 Å². The average Bonchev–Trinajstić information content (AvgIpc) is 3.27. The van der Waals surface area contributed by atoms with Crippen molar-refractivity contribution in [3.63, 3.8) is 0 Å². The number of likely N-dealkylation sites (tertiary alicyclic amines) is 2. The lowest BCUT2D eigenvalue weighted by atomic mass is 10.2. The van der Waals surface area contributed by atoms with Crippen molar-refractivity contribution in [3.8, 4) is 0 Å². The first kappa shape index (κ1) is 22.5. The normalized spacial score (nSPS) is 22.6. The number of hydrogen-bond acceptors (Lipinski definition) is 3. The lowest BCUT2D eigenvalue weighted by Gasteiger charge is -2.25. The maximum atomic E-state index is 11.8. The van der Waals surface area contributed by atoms with Crippen LogP contribution in [0.5, 0.6) is 0 Å². The molecule has 0 aromatic rings. The zero-order chi connectivity index (χ0) is 17.4. The minimum atomic E-state index is 0. The second-order valence-electron chi connectivity index (χ2n) is 6.85. The molecule has 0 spiro atoms. The van der Waals surface area contributed by atoms with Gasteiger partial charge in [0.1, 0.15) is 0 Å². The number of carbonyl (C=O) groups is 1. The monoisotopic (exact) mass is 465 g/mol. The quantitative estimate of drug-likeness (QED) is 0.343. The molecule has 1 amide bonds. The van der Waals surface area contributed by atoms with Crippen molar-refractivity contribution in [3.05, 3.63) is 0 Å². The maximum Gasteiger partial charge on any atom is 0.222 e. The topological polar surface area (TPSA) is 60.0 Å². The summed E-state index contributed by atoms with van der Waals surface area (Å²) >= 11 is 0. The molecule has 2 rings (SSSR count). The van der Waals surface area contributed by atoms with Gasteiger partial charge in [-0.25, -0.2) is 0 Å². The van der Waals surface area contributed by atoms with Crippen LogP contribution in [0.1, 0.15) is 52.9 Å². The maximum absolute atomic E-state index is 11.8. The van der Waals surface area contributed by atoms with Crippen LogP contribution < -0.4 is 10.6 Å². The highest BCUT2D eigenvalue weighted by Crippen LogP contribution is 2.14. The molecule has 2 atom stereocenters.